The zero-order chi connectivity index (χ0) is 20.1. The largest absolute Gasteiger partial charge is 0.243 e. The fourth-order valence-corrected chi connectivity index (χ4v) is 5.63. The Morgan fingerprint density at radius 2 is 1.75 bits per heavy atom. The van der Waals surface area contributed by atoms with Crippen LogP contribution in [0.4, 0.5) is 0 Å². The van der Waals surface area contributed by atoms with E-state index in [0.29, 0.717) is 11.4 Å². The number of allylic oxidation sites excluding steroid dienone is 1. The van der Waals surface area contributed by atoms with E-state index in [1.165, 1.54) is 16.7 Å². The first-order chi connectivity index (χ1) is 13.5. The van der Waals surface area contributed by atoms with Gasteiger partial charge < -0.3 is 0 Å². The molecule has 0 spiro atoms. The fourth-order valence-electron chi connectivity index (χ4n) is 3.99. The Hall–Kier alpha value is -1.91. The van der Waals surface area contributed by atoms with Gasteiger partial charge in [0.2, 0.25) is 10.0 Å². The predicted molar refractivity (Wildman–Crippen MR) is 117 cm³/mol. The van der Waals surface area contributed by atoms with Gasteiger partial charge in [0.1, 0.15) is 0 Å². The zero-order valence-corrected chi connectivity index (χ0v) is 18.0. The summed E-state index contributed by atoms with van der Waals surface area (Å²) < 4.78 is 29.0. The number of sulfonamides is 1. The molecule has 1 unspecified atom stereocenters. The van der Waals surface area contributed by atoms with Gasteiger partial charge in [-0.3, -0.25) is 0 Å². The van der Waals surface area contributed by atoms with Gasteiger partial charge in [-0.25, -0.2) is 8.42 Å². The lowest BCUT2D eigenvalue weighted by molar-refractivity contribution is 0.360. The number of hydrogen-bond acceptors (Lipinski definition) is 2. The van der Waals surface area contributed by atoms with Gasteiger partial charge in [-0.2, -0.15) is 4.31 Å². The quantitative estimate of drug-likeness (QED) is 0.637. The standard InChI is InChI=1S/C24H31NO2S/c1-4-6-11-23-22-12-8-7-10-20(22)17-18-25(24(23)9-5-2)28(26,27)21-15-13-19(3)14-16-21/h7-8,10-16,24H,4-6,9,17-18H2,1-3H3/b23-11+. The first-order valence-electron chi connectivity index (χ1n) is 10.4. The second-order valence-electron chi connectivity index (χ2n) is 7.59. The lowest BCUT2D eigenvalue weighted by Crippen LogP contribution is -2.41. The van der Waals surface area contributed by atoms with Crippen molar-refractivity contribution in [3.8, 4) is 0 Å². The molecule has 2 aromatic rings. The Kier molecular flexibility index (Phi) is 6.73. The van der Waals surface area contributed by atoms with Crippen LogP contribution in [0.25, 0.3) is 5.57 Å². The number of fused-ring (bicyclic) bond motifs is 1. The second kappa shape index (κ2) is 9.06. The summed E-state index contributed by atoms with van der Waals surface area (Å²) in [7, 11) is -3.56. The molecule has 150 valence electrons. The van der Waals surface area contributed by atoms with Crippen molar-refractivity contribution in [2.75, 3.05) is 6.54 Å². The lowest BCUT2D eigenvalue weighted by Gasteiger charge is -2.31. The van der Waals surface area contributed by atoms with E-state index in [9.17, 15) is 8.42 Å². The van der Waals surface area contributed by atoms with Gasteiger partial charge in [0.25, 0.3) is 0 Å². The highest BCUT2D eigenvalue weighted by molar-refractivity contribution is 7.89. The molecule has 3 nitrogen and oxygen atoms in total. The molecule has 1 aliphatic heterocycles. The van der Waals surface area contributed by atoms with Crippen LogP contribution in [0.1, 0.15) is 56.2 Å². The molecule has 0 radical (unpaired) electrons. The minimum atomic E-state index is -3.56. The van der Waals surface area contributed by atoms with Crippen LogP contribution >= 0.6 is 0 Å². The molecule has 1 aliphatic rings. The minimum absolute atomic E-state index is 0.119. The number of unbranched alkanes of at least 4 members (excludes halogenated alkanes) is 1. The predicted octanol–water partition coefficient (Wildman–Crippen LogP) is 5.59. The number of rotatable bonds is 6. The van der Waals surface area contributed by atoms with Crippen LogP contribution in [0.2, 0.25) is 0 Å². The van der Waals surface area contributed by atoms with Gasteiger partial charge in [-0.1, -0.05) is 74.7 Å². The molecule has 1 heterocycles. The Morgan fingerprint density at radius 1 is 1.04 bits per heavy atom. The molecule has 0 amide bonds. The molecule has 0 aliphatic carbocycles. The Labute approximate surface area is 170 Å². The molecule has 0 N–H and O–H groups in total. The smallest absolute Gasteiger partial charge is 0.207 e. The summed E-state index contributed by atoms with van der Waals surface area (Å²) in [5.74, 6) is 0. The van der Waals surface area contributed by atoms with Crippen LogP contribution in [0.5, 0.6) is 0 Å². The lowest BCUT2D eigenvalue weighted by atomic mass is 9.91. The van der Waals surface area contributed by atoms with Crippen molar-refractivity contribution in [3.05, 3.63) is 71.3 Å². The third-order valence-electron chi connectivity index (χ3n) is 5.48. The summed E-state index contributed by atoms with van der Waals surface area (Å²) in [6.07, 6.45) is 6.79. The van der Waals surface area contributed by atoms with E-state index in [0.717, 1.165) is 37.7 Å². The summed E-state index contributed by atoms with van der Waals surface area (Å²) in [6, 6.07) is 15.5. The van der Waals surface area contributed by atoms with Crippen molar-refractivity contribution in [2.45, 2.75) is 63.8 Å². The highest BCUT2D eigenvalue weighted by Gasteiger charge is 2.35. The number of benzene rings is 2. The van der Waals surface area contributed by atoms with E-state index in [2.05, 4.69) is 44.2 Å². The van der Waals surface area contributed by atoms with Crippen molar-refractivity contribution in [3.63, 3.8) is 0 Å². The highest BCUT2D eigenvalue weighted by Crippen LogP contribution is 2.35. The van der Waals surface area contributed by atoms with Crippen LogP contribution < -0.4 is 0 Å². The van der Waals surface area contributed by atoms with Gasteiger partial charge in [0.05, 0.1) is 10.9 Å². The first kappa shape index (κ1) is 20.8. The monoisotopic (exact) mass is 397 g/mol. The molecule has 0 bridgehead atoms. The molecule has 3 rings (SSSR count). The third-order valence-corrected chi connectivity index (χ3v) is 7.40. The summed E-state index contributed by atoms with van der Waals surface area (Å²) >= 11 is 0. The Morgan fingerprint density at radius 3 is 2.43 bits per heavy atom. The topological polar surface area (TPSA) is 37.4 Å². The molecule has 4 heteroatoms. The number of nitrogens with zero attached hydrogens (tertiary/aromatic N) is 1. The average Bonchev–Trinajstić information content (AvgIpc) is 2.84. The van der Waals surface area contributed by atoms with E-state index in [4.69, 9.17) is 0 Å². The molecule has 28 heavy (non-hydrogen) atoms. The number of aryl methyl sites for hydroxylation is 1. The van der Waals surface area contributed by atoms with Crippen LogP contribution in [0, 0.1) is 6.92 Å². The number of hydrogen-bond donors (Lipinski definition) is 0. The first-order valence-corrected chi connectivity index (χ1v) is 11.8. The maximum atomic E-state index is 13.6. The van der Waals surface area contributed by atoms with Crippen molar-refractivity contribution in [1.82, 2.24) is 4.31 Å². The zero-order valence-electron chi connectivity index (χ0n) is 17.2. The van der Waals surface area contributed by atoms with Gasteiger partial charge in [0, 0.05) is 6.54 Å². The summed E-state index contributed by atoms with van der Waals surface area (Å²) in [5.41, 5.74) is 4.70. The van der Waals surface area contributed by atoms with Gasteiger partial charge in [-0.15, -0.1) is 0 Å². The van der Waals surface area contributed by atoms with Crippen LogP contribution in [0.3, 0.4) is 0 Å². The summed E-state index contributed by atoms with van der Waals surface area (Å²) in [6.45, 7) is 6.78. The Bertz CT molecular complexity index is 929. The molecule has 1 atom stereocenters. The molecule has 0 aromatic heterocycles. The normalized spacial score (nSPS) is 19.4. The van der Waals surface area contributed by atoms with Crippen LogP contribution in [0.15, 0.2) is 59.5 Å². The van der Waals surface area contributed by atoms with E-state index >= 15 is 0 Å². The maximum Gasteiger partial charge on any atom is 0.243 e. The van der Waals surface area contributed by atoms with E-state index in [1.54, 1.807) is 16.4 Å². The maximum absolute atomic E-state index is 13.6. The fraction of sp³-hybridized carbons (Fsp3) is 0.417. The van der Waals surface area contributed by atoms with Crippen LogP contribution in [-0.2, 0) is 16.4 Å². The van der Waals surface area contributed by atoms with Gasteiger partial charge >= 0.3 is 0 Å². The average molecular weight is 398 g/mol. The van der Waals surface area contributed by atoms with Crippen LogP contribution in [-0.4, -0.2) is 25.3 Å². The van der Waals surface area contributed by atoms with Gasteiger partial charge in [0.15, 0.2) is 0 Å². The SMILES string of the molecule is CCC/C=C1\c2ccccc2CCN(S(=O)(=O)c2ccc(C)cc2)C1CCC. The minimum Gasteiger partial charge on any atom is -0.207 e. The van der Waals surface area contributed by atoms with Gasteiger partial charge in [-0.05, 0) is 55.0 Å². The van der Waals surface area contributed by atoms with E-state index in [1.807, 2.05) is 19.1 Å². The highest BCUT2D eigenvalue weighted by atomic mass is 32.2. The Balaban J connectivity index is 2.12. The van der Waals surface area contributed by atoms with Crippen molar-refractivity contribution >= 4 is 15.6 Å². The molecule has 0 saturated carbocycles. The van der Waals surface area contributed by atoms with Crippen molar-refractivity contribution < 1.29 is 8.42 Å². The summed E-state index contributed by atoms with van der Waals surface area (Å²) in [4.78, 5) is 0.389. The second-order valence-corrected chi connectivity index (χ2v) is 9.48. The molecule has 0 fully saturated rings. The summed E-state index contributed by atoms with van der Waals surface area (Å²) in [5, 5.41) is 0. The van der Waals surface area contributed by atoms with E-state index in [-0.39, 0.29) is 6.04 Å². The molecular formula is C24H31NO2S. The molecule has 2 aromatic carbocycles. The molecular weight excluding hydrogens is 366 g/mol. The van der Waals surface area contributed by atoms with Crippen molar-refractivity contribution in [2.24, 2.45) is 0 Å². The van der Waals surface area contributed by atoms with Crippen molar-refractivity contribution in [1.29, 1.82) is 0 Å². The molecule has 0 saturated heterocycles. The third kappa shape index (κ3) is 4.23. The van der Waals surface area contributed by atoms with E-state index < -0.39 is 10.0 Å².